The Labute approximate surface area is 658 Å². The third-order valence-electron chi connectivity index (χ3n) is 21.1. The number of hydrogen-bond acceptors (Lipinski definition) is 15. The summed E-state index contributed by atoms with van der Waals surface area (Å²) in [5, 5.41) is 10.7. The molecule has 0 amide bonds. The van der Waals surface area contributed by atoms with E-state index in [2.05, 4.69) is 34.6 Å². The van der Waals surface area contributed by atoms with Crippen molar-refractivity contribution in [1.29, 1.82) is 0 Å². The lowest BCUT2D eigenvalue weighted by Gasteiger charge is -2.21. The maximum Gasteiger partial charge on any atom is 0.472 e. The number of hydrogen-bond donors (Lipinski definition) is 3. The first-order valence-corrected chi connectivity index (χ1v) is 48.7. The van der Waals surface area contributed by atoms with Crippen molar-refractivity contribution in [2.75, 3.05) is 39.6 Å². The van der Waals surface area contributed by atoms with Crippen LogP contribution in [0.2, 0.25) is 0 Å². The van der Waals surface area contributed by atoms with Crippen molar-refractivity contribution in [3.63, 3.8) is 0 Å². The molecule has 6 atom stereocenters. The first-order valence-electron chi connectivity index (χ1n) is 45.7. The third kappa shape index (κ3) is 80.5. The Kier molecular flexibility index (Phi) is 79.2. The summed E-state index contributed by atoms with van der Waals surface area (Å²) in [5.41, 5.74) is 0. The van der Waals surface area contributed by atoms with Gasteiger partial charge in [-0.05, 0) is 31.6 Å². The van der Waals surface area contributed by atoms with Crippen LogP contribution in [0.25, 0.3) is 0 Å². The number of rotatable bonds is 88. The molecule has 3 unspecified atom stereocenters. The molecule has 0 aliphatic heterocycles. The van der Waals surface area contributed by atoms with Crippen LogP contribution in [0.3, 0.4) is 0 Å². The largest absolute Gasteiger partial charge is 0.472 e. The number of aliphatic hydroxyl groups excluding tert-OH is 1. The maximum atomic E-state index is 13.2. The van der Waals surface area contributed by atoms with E-state index in [0.717, 1.165) is 95.8 Å². The Bertz CT molecular complexity index is 2030. The van der Waals surface area contributed by atoms with Crippen LogP contribution in [0.1, 0.15) is 478 Å². The molecule has 0 spiro atoms. The van der Waals surface area contributed by atoms with Gasteiger partial charge in [0, 0.05) is 25.7 Å². The van der Waals surface area contributed by atoms with E-state index < -0.39 is 97.5 Å². The van der Waals surface area contributed by atoms with E-state index in [4.69, 9.17) is 37.0 Å². The monoisotopic (exact) mass is 1560 g/mol. The fraction of sp³-hybridized carbons (Fsp3) is 0.955. The Morgan fingerprint density at radius 1 is 0.262 bits per heavy atom. The minimum Gasteiger partial charge on any atom is -0.462 e. The smallest absolute Gasteiger partial charge is 0.462 e. The van der Waals surface area contributed by atoms with Gasteiger partial charge in [-0.15, -0.1) is 0 Å². The highest BCUT2D eigenvalue weighted by atomic mass is 31.2. The van der Waals surface area contributed by atoms with E-state index in [1.165, 1.54) is 302 Å². The molecule has 0 aromatic heterocycles. The number of carbonyl (C=O) groups is 4. The molecular formula is C88H172O17P2. The van der Waals surface area contributed by atoms with Crippen molar-refractivity contribution in [3.8, 4) is 0 Å². The van der Waals surface area contributed by atoms with Gasteiger partial charge in [-0.1, -0.05) is 426 Å². The molecule has 0 radical (unpaired) electrons. The van der Waals surface area contributed by atoms with Gasteiger partial charge in [0.15, 0.2) is 12.2 Å². The summed E-state index contributed by atoms with van der Waals surface area (Å²) in [6.07, 6.45) is 75.0. The highest BCUT2D eigenvalue weighted by Crippen LogP contribution is 2.45. The molecule has 0 saturated carbocycles. The molecule has 17 nitrogen and oxygen atoms in total. The van der Waals surface area contributed by atoms with Crippen molar-refractivity contribution in [3.05, 3.63) is 0 Å². The van der Waals surface area contributed by atoms with Crippen molar-refractivity contribution >= 4 is 39.5 Å². The molecule has 107 heavy (non-hydrogen) atoms. The van der Waals surface area contributed by atoms with Crippen LogP contribution in [0.15, 0.2) is 0 Å². The van der Waals surface area contributed by atoms with Crippen LogP contribution >= 0.6 is 15.6 Å². The highest BCUT2D eigenvalue weighted by molar-refractivity contribution is 7.47. The minimum atomic E-state index is -4.97. The minimum absolute atomic E-state index is 0.108. The van der Waals surface area contributed by atoms with E-state index in [0.29, 0.717) is 25.7 Å². The van der Waals surface area contributed by atoms with Gasteiger partial charge in [0.2, 0.25) is 0 Å². The molecule has 0 fully saturated rings. The maximum absolute atomic E-state index is 13.2. The lowest BCUT2D eigenvalue weighted by atomic mass is 9.99. The summed E-state index contributed by atoms with van der Waals surface area (Å²) in [6, 6.07) is 0. The zero-order valence-electron chi connectivity index (χ0n) is 70.3. The van der Waals surface area contributed by atoms with E-state index in [-0.39, 0.29) is 25.7 Å². The zero-order chi connectivity index (χ0) is 78.3. The van der Waals surface area contributed by atoms with Crippen LogP contribution < -0.4 is 0 Å². The van der Waals surface area contributed by atoms with E-state index >= 15 is 0 Å². The molecule has 0 rings (SSSR count). The van der Waals surface area contributed by atoms with Crippen LogP contribution in [0, 0.1) is 5.92 Å². The number of phosphoric acid groups is 2. The Morgan fingerprint density at radius 3 is 0.664 bits per heavy atom. The fourth-order valence-corrected chi connectivity index (χ4v) is 15.4. The predicted octanol–water partition coefficient (Wildman–Crippen LogP) is 27.2. The van der Waals surface area contributed by atoms with E-state index in [9.17, 15) is 43.2 Å². The molecule has 0 aliphatic rings. The number of esters is 4. The molecule has 0 aromatic carbocycles. The third-order valence-corrected chi connectivity index (χ3v) is 23.0. The van der Waals surface area contributed by atoms with Crippen LogP contribution in [0.5, 0.6) is 0 Å². The van der Waals surface area contributed by atoms with Gasteiger partial charge < -0.3 is 33.8 Å². The topological polar surface area (TPSA) is 237 Å². The lowest BCUT2D eigenvalue weighted by molar-refractivity contribution is -0.161. The van der Waals surface area contributed by atoms with Gasteiger partial charge in [-0.3, -0.25) is 37.3 Å². The Hall–Kier alpha value is -1.94. The second-order valence-electron chi connectivity index (χ2n) is 31.9. The summed E-state index contributed by atoms with van der Waals surface area (Å²) < 4.78 is 69.0. The van der Waals surface area contributed by atoms with Gasteiger partial charge in [-0.2, -0.15) is 0 Å². The number of unbranched alkanes of at least 4 members (excludes halogenated alkanes) is 59. The molecule has 0 saturated heterocycles. The molecule has 19 heteroatoms. The van der Waals surface area contributed by atoms with Gasteiger partial charge in [0.05, 0.1) is 26.4 Å². The van der Waals surface area contributed by atoms with Gasteiger partial charge in [0.1, 0.15) is 19.3 Å². The molecule has 3 N–H and O–H groups in total. The van der Waals surface area contributed by atoms with Crippen molar-refractivity contribution < 1.29 is 80.2 Å². The van der Waals surface area contributed by atoms with Gasteiger partial charge in [-0.25, -0.2) is 9.13 Å². The second-order valence-corrected chi connectivity index (χ2v) is 34.8. The normalized spacial score (nSPS) is 14.0. The zero-order valence-corrected chi connectivity index (χ0v) is 72.1. The van der Waals surface area contributed by atoms with Crippen LogP contribution in [0.4, 0.5) is 0 Å². The quantitative estimate of drug-likeness (QED) is 0.0222. The first kappa shape index (κ1) is 105. The van der Waals surface area contributed by atoms with Gasteiger partial charge in [0.25, 0.3) is 0 Å². The van der Waals surface area contributed by atoms with Gasteiger partial charge >= 0.3 is 39.5 Å². The summed E-state index contributed by atoms with van der Waals surface area (Å²) in [7, 11) is -9.93. The SMILES string of the molecule is CCCCCCCCCCCCCCCCCCCCCCC(=O)OC[C@H](COP(=O)(O)OC[C@@H](O)COP(=O)(O)OC[C@@H](COC(=O)CCCCCCCCCCC(C)CC)OC(=O)CCCCCCCCCCCCCCCCC)OC(=O)CCCCCCCCCCCCCCCCCCCCCC. The molecule has 0 heterocycles. The average molecular weight is 1560 g/mol. The highest BCUT2D eigenvalue weighted by Gasteiger charge is 2.30. The molecular weight excluding hydrogens is 1390 g/mol. The predicted molar refractivity (Wildman–Crippen MR) is 442 cm³/mol. The summed E-state index contributed by atoms with van der Waals surface area (Å²) in [6.45, 7) is 7.38. The Balaban J connectivity index is 5.24. The van der Waals surface area contributed by atoms with Crippen LogP contribution in [-0.2, 0) is 65.4 Å². The van der Waals surface area contributed by atoms with Crippen molar-refractivity contribution in [1.82, 2.24) is 0 Å². The average Bonchev–Trinajstić information content (AvgIpc) is 0.897. The standard InChI is InChI=1S/C88H172O17P2/c1-6-10-13-16-19-22-25-28-31-33-35-37-39-42-44-47-50-56-61-66-71-85(90)98-77-83(104-87(92)74-69-64-59-52-49-46-43-40-38-36-34-32-29-26-23-20-17-14-11-7-2)79-102-106(94,95)100-75-82(89)76-101-107(96,97)103-80-84(78-99-86(91)72-67-62-57-54-53-55-60-65-70-81(5)9-4)105-88(93)73-68-63-58-51-48-45-41-30-27-24-21-18-15-12-8-3/h81-84,89H,6-80H2,1-5H3,(H,94,95)(H,96,97)/t81?,82-,83-,84-/m1/s1. The summed E-state index contributed by atoms with van der Waals surface area (Å²) in [4.78, 5) is 73.3. The second kappa shape index (κ2) is 80.7. The van der Waals surface area contributed by atoms with Crippen molar-refractivity contribution in [2.24, 2.45) is 5.92 Å². The molecule has 0 aliphatic carbocycles. The molecule has 0 aromatic rings. The first-order chi connectivity index (χ1) is 52.1. The Morgan fingerprint density at radius 2 is 0.449 bits per heavy atom. The number of carbonyl (C=O) groups excluding carboxylic acids is 4. The number of ether oxygens (including phenoxy) is 4. The number of aliphatic hydroxyl groups is 1. The number of phosphoric ester groups is 2. The molecule has 0 bridgehead atoms. The fourth-order valence-electron chi connectivity index (χ4n) is 13.8. The lowest BCUT2D eigenvalue weighted by Crippen LogP contribution is -2.30. The summed E-state index contributed by atoms with van der Waals surface area (Å²) in [5.74, 6) is -1.32. The summed E-state index contributed by atoms with van der Waals surface area (Å²) >= 11 is 0. The van der Waals surface area contributed by atoms with Crippen molar-refractivity contribution in [2.45, 2.75) is 496 Å². The van der Waals surface area contributed by atoms with E-state index in [1.807, 2.05) is 0 Å². The molecule has 636 valence electrons. The van der Waals surface area contributed by atoms with Crippen LogP contribution in [-0.4, -0.2) is 96.7 Å². The van der Waals surface area contributed by atoms with E-state index in [1.54, 1.807) is 0 Å².